The van der Waals surface area contributed by atoms with E-state index in [1.54, 1.807) is 0 Å². The molecule has 0 atom stereocenters. The zero-order valence-corrected chi connectivity index (χ0v) is 14.9. The van der Waals surface area contributed by atoms with Crippen LogP contribution in [-0.2, 0) is 0 Å². The van der Waals surface area contributed by atoms with Crippen molar-refractivity contribution < 1.29 is 13.6 Å². The lowest BCUT2D eigenvalue weighted by Gasteiger charge is -2.32. The molecular weight excluding hydrogens is 346 g/mol. The molecule has 0 radical (unpaired) electrons. The van der Waals surface area contributed by atoms with Crippen LogP contribution in [0.4, 0.5) is 8.78 Å². The van der Waals surface area contributed by atoms with Gasteiger partial charge >= 0.3 is 0 Å². The fourth-order valence-corrected chi connectivity index (χ4v) is 3.90. The number of nitrogens with one attached hydrogen (secondary N) is 1. The van der Waals surface area contributed by atoms with Gasteiger partial charge in [0, 0.05) is 12.1 Å². The van der Waals surface area contributed by atoms with Gasteiger partial charge in [0.2, 0.25) is 5.01 Å². The largest absolute Gasteiger partial charge is 0.347 e. The maximum absolute atomic E-state index is 13.8. The molecular formula is C17H20F2N4OS. The summed E-state index contributed by atoms with van der Waals surface area (Å²) in [5, 5.41) is 10.7. The Bertz CT molecular complexity index is 737. The monoisotopic (exact) mass is 366 g/mol. The second kappa shape index (κ2) is 7.53. The SMILES string of the molecule is CN(C)C1CCC(NC(=O)c2nnc(-c3c(F)cccc3F)s2)CC1. The summed E-state index contributed by atoms with van der Waals surface area (Å²) in [6.45, 7) is 0. The summed E-state index contributed by atoms with van der Waals surface area (Å²) >= 11 is 0.894. The first-order valence-corrected chi connectivity index (χ1v) is 9.02. The molecule has 1 N–H and O–H groups in total. The highest BCUT2D eigenvalue weighted by atomic mass is 32.1. The van der Waals surface area contributed by atoms with Crippen LogP contribution in [0.25, 0.3) is 10.6 Å². The van der Waals surface area contributed by atoms with E-state index in [2.05, 4.69) is 34.5 Å². The highest BCUT2D eigenvalue weighted by Crippen LogP contribution is 2.29. The van der Waals surface area contributed by atoms with E-state index in [-0.39, 0.29) is 27.5 Å². The van der Waals surface area contributed by atoms with Crippen LogP contribution in [0.1, 0.15) is 35.5 Å². The molecule has 5 nitrogen and oxygen atoms in total. The molecule has 1 heterocycles. The predicted molar refractivity (Wildman–Crippen MR) is 92.5 cm³/mol. The number of carbonyl (C=O) groups is 1. The van der Waals surface area contributed by atoms with Crippen molar-refractivity contribution in [2.45, 2.75) is 37.8 Å². The normalized spacial score (nSPS) is 20.7. The van der Waals surface area contributed by atoms with Crippen molar-refractivity contribution in [3.63, 3.8) is 0 Å². The highest BCUT2D eigenvalue weighted by molar-refractivity contribution is 7.16. The van der Waals surface area contributed by atoms with Crippen molar-refractivity contribution in [2.24, 2.45) is 0 Å². The highest BCUT2D eigenvalue weighted by Gasteiger charge is 2.25. The molecule has 25 heavy (non-hydrogen) atoms. The third-order valence-electron chi connectivity index (χ3n) is 4.56. The molecule has 0 saturated heterocycles. The van der Waals surface area contributed by atoms with Crippen molar-refractivity contribution in [2.75, 3.05) is 14.1 Å². The second-order valence-corrected chi connectivity index (χ2v) is 7.43. The van der Waals surface area contributed by atoms with Crippen LogP contribution in [0, 0.1) is 11.6 Å². The van der Waals surface area contributed by atoms with E-state index in [4.69, 9.17) is 0 Å². The van der Waals surface area contributed by atoms with E-state index in [1.165, 1.54) is 6.07 Å². The predicted octanol–water partition coefficient (Wildman–Crippen LogP) is 3.09. The summed E-state index contributed by atoms with van der Waals surface area (Å²) in [6, 6.07) is 4.24. The zero-order valence-electron chi connectivity index (χ0n) is 14.1. The van der Waals surface area contributed by atoms with Gasteiger partial charge in [0.15, 0.2) is 5.01 Å². The van der Waals surface area contributed by atoms with E-state index < -0.39 is 11.6 Å². The summed E-state index contributed by atoms with van der Waals surface area (Å²) < 4.78 is 27.6. The van der Waals surface area contributed by atoms with Crippen LogP contribution < -0.4 is 5.32 Å². The fourth-order valence-electron chi connectivity index (χ4n) is 3.10. The molecule has 1 aromatic heterocycles. The summed E-state index contributed by atoms with van der Waals surface area (Å²) in [4.78, 5) is 14.5. The molecule has 1 saturated carbocycles. The molecule has 1 aliphatic carbocycles. The molecule has 2 aromatic rings. The number of hydrogen-bond donors (Lipinski definition) is 1. The molecule has 1 fully saturated rings. The maximum atomic E-state index is 13.8. The number of aromatic nitrogens is 2. The molecule has 1 amide bonds. The van der Waals surface area contributed by atoms with Gasteiger partial charge in [-0.1, -0.05) is 17.4 Å². The molecule has 0 unspecified atom stereocenters. The number of benzene rings is 1. The van der Waals surface area contributed by atoms with Gasteiger partial charge in [-0.3, -0.25) is 4.79 Å². The number of nitrogens with zero attached hydrogens (tertiary/aromatic N) is 3. The smallest absolute Gasteiger partial charge is 0.282 e. The molecule has 0 bridgehead atoms. The number of halogens is 2. The Morgan fingerprint density at radius 3 is 2.40 bits per heavy atom. The lowest BCUT2D eigenvalue weighted by atomic mass is 9.90. The van der Waals surface area contributed by atoms with Gasteiger partial charge in [0.1, 0.15) is 11.6 Å². The standard InChI is InChI=1S/C17H20F2N4OS/c1-23(2)11-8-6-10(7-9-11)20-15(24)17-22-21-16(25-17)14-12(18)4-3-5-13(14)19/h3-5,10-11H,6-9H2,1-2H3,(H,20,24). The van der Waals surface area contributed by atoms with E-state index in [9.17, 15) is 13.6 Å². The van der Waals surface area contributed by atoms with Crippen molar-refractivity contribution >= 4 is 17.2 Å². The quantitative estimate of drug-likeness (QED) is 0.903. The van der Waals surface area contributed by atoms with Crippen LogP contribution in [0.3, 0.4) is 0 Å². The molecule has 8 heteroatoms. The first-order chi connectivity index (χ1) is 12.0. The molecule has 0 aliphatic heterocycles. The third-order valence-corrected chi connectivity index (χ3v) is 5.50. The minimum atomic E-state index is -0.717. The summed E-state index contributed by atoms with van der Waals surface area (Å²) in [7, 11) is 4.13. The molecule has 1 aromatic carbocycles. The Balaban J connectivity index is 1.66. The van der Waals surface area contributed by atoms with Gasteiger partial charge < -0.3 is 10.2 Å². The molecule has 0 spiro atoms. The topological polar surface area (TPSA) is 58.1 Å². The first kappa shape index (κ1) is 17.9. The first-order valence-electron chi connectivity index (χ1n) is 8.21. The molecule has 134 valence electrons. The Morgan fingerprint density at radius 1 is 1.16 bits per heavy atom. The van der Waals surface area contributed by atoms with Crippen molar-refractivity contribution in [3.05, 3.63) is 34.8 Å². The van der Waals surface area contributed by atoms with Crippen LogP contribution in [0.15, 0.2) is 18.2 Å². The van der Waals surface area contributed by atoms with Gasteiger partial charge in [0.25, 0.3) is 5.91 Å². The van der Waals surface area contributed by atoms with Crippen LogP contribution in [-0.4, -0.2) is 47.2 Å². The average molecular weight is 366 g/mol. The summed E-state index contributed by atoms with van der Waals surface area (Å²) in [5.41, 5.74) is -0.245. The number of amides is 1. The molecule has 3 rings (SSSR count). The second-order valence-electron chi connectivity index (χ2n) is 6.45. The van der Waals surface area contributed by atoms with Crippen LogP contribution in [0.5, 0.6) is 0 Å². The summed E-state index contributed by atoms with van der Waals surface area (Å²) in [5.74, 6) is -1.77. The van der Waals surface area contributed by atoms with Gasteiger partial charge in [-0.25, -0.2) is 8.78 Å². The lowest BCUT2D eigenvalue weighted by molar-refractivity contribution is 0.0915. The van der Waals surface area contributed by atoms with Crippen molar-refractivity contribution in [3.8, 4) is 10.6 Å². The lowest BCUT2D eigenvalue weighted by Crippen LogP contribution is -2.41. The number of rotatable bonds is 4. The van der Waals surface area contributed by atoms with Crippen molar-refractivity contribution in [1.82, 2.24) is 20.4 Å². The van der Waals surface area contributed by atoms with Crippen LogP contribution >= 0.6 is 11.3 Å². The third kappa shape index (κ3) is 4.01. The fraction of sp³-hybridized carbons (Fsp3) is 0.471. The number of hydrogen-bond acceptors (Lipinski definition) is 5. The van der Waals surface area contributed by atoms with Crippen molar-refractivity contribution in [1.29, 1.82) is 0 Å². The van der Waals surface area contributed by atoms with Crippen LogP contribution in [0.2, 0.25) is 0 Å². The van der Waals surface area contributed by atoms with Gasteiger partial charge in [-0.15, -0.1) is 10.2 Å². The van der Waals surface area contributed by atoms with Gasteiger partial charge in [-0.05, 0) is 51.9 Å². The summed E-state index contributed by atoms with van der Waals surface area (Å²) in [6.07, 6.45) is 3.86. The Hall–Kier alpha value is -1.93. The number of carbonyl (C=O) groups excluding carboxylic acids is 1. The van der Waals surface area contributed by atoms with E-state index in [0.29, 0.717) is 6.04 Å². The minimum Gasteiger partial charge on any atom is -0.347 e. The van der Waals surface area contributed by atoms with E-state index in [1.807, 2.05) is 0 Å². The zero-order chi connectivity index (χ0) is 18.0. The van der Waals surface area contributed by atoms with E-state index >= 15 is 0 Å². The van der Waals surface area contributed by atoms with Gasteiger partial charge in [-0.2, -0.15) is 0 Å². The maximum Gasteiger partial charge on any atom is 0.282 e. The average Bonchev–Trinajstić information content (AvgIpc) is 3.05. The Kier molecular flexibility index (Phi) is 5.39. The Labute approximate surface area is 149 Å². The minimum absolute atomic E-state index is 0.0667. The Morgan fingerprint density at radius 2 is 1.80 bits per heavy atom. The van der Waals surface area contributed by atoms with E-state index in [0.717, 1.165) is 49.2 Å². The van der Waals surface area contributed by atoms with Gasteiger partial charge in [0.05, 0.1) is 5.56 Å². The molecule has 1 aliphatic rings.